The number of phenolic OH excluding ortho intramolecular Hbond substituents is 1. The maximum Gasteiger partial charge on any atom is 0.134 e. The Morgan fingerprint density at radius 3 is 2.54 bits per heavy atom. The lowest BCUT2D eigenvalue weighted by Crippen LogP contribution is -1.83. The van der Waals surface area contributed by atoms with E-state index in [4.69, 9.17) is 23.2 Å². The predicted molar refractivity (Wildman–Crippen MR) is 99.2 cm³/mol. The highest BCUT2D eigenvalue weighted by atomic mass is 35.5. The summed E-state index contributed by atoms with van der Waals surface area (Å²) in [4.78, 5) is 4.51. The molecule has 0 aliphatic carbocycles. The minimum absolute atomic E-state index is 0.182. The second-order valence-electron chi connectivity index (χ2n) is 4.93. The van der Waals surface area contributed by atoms with Crippen LogP contribution in [0.3, 0.4) is 0 Å². The largest absolute Gasteiger partial charge is 0.508 e. The van der Waals surface area contributed by atoms with Crippen molar-refractivity contribution in [3.8, 4) is 23.1 Å². The third kappa shape index (κ3) is 3.60. The van der Waals surface area contributed by atoms with Gasteiger partial charge in [0.05, 0.1) is 21.3 Å². The number of halogens is 2. The molecule has 2 aromatic carbocycles. The van der Waals surface area contributed by atoms with Gasteiger partial charge in [-0.25, -0.2) is 4.98 Å². The molecule has 0 bridgehead atoms. The number of benzene rings is 2. The molecule has 1 aromatic heterocycles. The Bertz CT molecular complexity index is 956. The van der Waals surface area contributed by atoms with Crippen LogP contribution in [0.15, 0.2) is 47.8 Å². The number of thiazole rings is 1. The van der Waals surface area contributed by atoms with Crippen molar-refractivity contribution in [2.75, 3.05) is 0 Å². The van der Waals surface area contributed by atoms with Crippen LogP contribution in [0.5, 0.6) is 5.75 Å². The molecule has 0 unspecified atom stereocenters. The monoisotopic (exact) mass is 372 g/mol. The number of hydrogen-bond acceptors (Lipinski definition) is 4. The number of nitrogens with zero attached hydrogens (tertiary/aromatic N) is 2. The zero-order chi connectivity index (χ0) is 17.1. The average Bonchev–Trinajstić information content (AvgIpc) is 3.06. The van der Waals surface area contributed by atoms with Crippen LogP contribution < -0.4 is 0 Å². The first-order valence-corrected chi connectivity index (χ1v) is 8.52. The van der Waals surface area contributed by atoms with Gasteiger partial charge in [0.2, 0.25) is 0 Å². The Balaban J connectivity index is 1.94. The molecule has 0 saturated carbocycles. The number of aromatic nitrogens is 1. The Kier molecular flexibility index (Phi) is 4.86. The third-order valence-electron chi connectivity index (χ3n) is 3.27. The SMILES string of the molecule is N#C/C(=C/c1ccc(O)cc1)c1nc(-c2ccc(Cl)c(Cl)c2)cs1. The van der Waals surface area contributed by atoms with Crippen molar-refractivity contribution < 1.29 is 5.11 Å². The van der Waals surface area contributed by atoms with Crippen molar-refractivity contribution in [3.05, 3.63) is 68.5 Å². The van der Waals surface area contributed by atoms with E-state index < -0.39 is 0 Å². The van der Waals surface area contributed by atoms with E-state index in [2.05, 4.69) is 11.1 Å². The lowest BCUT2D eigenvalue weighted by Gasteiger charge is -1.99. The normalized spacial score (nSPS) is 11.3. The smallest absolute Gasteiger partial charge is 0.134 e. The van der Waals surface area contributed by atoms with Crippen LogP contribution in [0.1, 0.15) is 10.6 Å². The number of hydrogen-bond donors (Lipinski definition) is 1. The standard InChI is InChI=1S/C18H10Cl2N2OS/c19-15-6-3-12(8-16(15)20)17-10-24-18(22-17)13(9-21)7-11-1-4-14(23)5-2-11/h1-8,10,23H/b13-7-. The quantitative estimate of drug-likeness (QED) is 0.583. The van der Waals surface area contributed by atoms with Crippen LogP contribution in [-0.2, 0) is 0 Å². The van der Waals surface area contributed by atoms with Crippen LogP contribution >= 0.6 is 34.5 Å². The van der Waals surface area contributed by atoms with Crippen molar-refractivity contribution in [3.63, 3.8) is 0 Å². The van der Waals surface area contributed by atoms with Gasteiger partial charge in [0.25, 0.3) is 0 Å². The summed E-state index contributed by atoms with van der Waals surface area (Å²) in [5.74, 6) is 0.182. The van der Waals surface area contributed by atoms with Crippen molar-refractivity contribution >= 4 is 46.2 Å². The molecule has 1 N–H and O–H groups in total. The van der Waals surface area contributed by atoms with E-state index in [-0.39, 0.29) is 5.75 Å². The summed E-state index contributed by atoms with van der Waals surface area (Å²) >= 11 is 13.4. The van der Waals surface area contributed by atoms with E-state index in [1.54, 1.807) is 42.5 Å². The van der Waals surface area contributed by atoms with Gasteiger partial charge in [-0.05, 0) is 35.9 Å². The van der Waals surface area contributed by atoms with Gasteiger partial charge in [-0.15, -0.1) is 11.3 Å². The Morgan fingerprint density at radius 2 is 1.88 bits per heavy atom. The highest BCUT2D eigenvalue weighted by Gasteiger charge is 2.10. The summed E-state index contributed by atoms with van der Waals surface area (Å²) in [5.41, 5.74) is 2.85. The third-order valence-corrected chi connectivity index (χ3v) is 4.89. The van der Waals surface area contributed by atoms with Crippen LogP contribution in [0.4, 0.5) is 0 Å². The highest BCUT2D eigenvalue weighted by Crippen LogP contribution is 2.31. The minimum atomic E-state index is 0.182. The molecule has 0 spiro atoms. The van der Waals surface area contributed by atoms with Crippen LogP contribution in [-0.4, -0.2) is 10.1 Å². The summed E-state index contributed by atoms with van der Waals surface area (Å²) in [6, 6.07) is 14.1. The molecule has 0 amide bonds. The summed E-state index contributed by atoms with van der Waals surface area (Å²) in [6.07, 6.45) is 1.73. The fourth-order valence-corrected chi connectivity index (χ4v) is 3.16. The maximum absolute atomic E-state index is 9.42. The fourth-order valence-electron chi connectivity index (χ4n) is 2.06. The first-order valence-electron chi connectivity index (χ1n) is 6.89. The van der Waals surface area contributed by atoms with Gasteiger partial charge in [-0.3, -0.25) is 0 Å². The van der Waals surface area contributed by atoms with Gasteiger partial charge in [0, 0.05) is 10.9 Å². The van der Waals surface area contributed by atoms with Gasteiger partial charge in [-0.1, -0.05) is 41.4 Å². The van der Waals surface area contributed by atoms with E-state index in [9.17, 15) is 10.4 Å². The van der Waals surface area contributed by atoms with Gasteiger partial charge in [0.1, 0.15) is 16.8 Å². The van der Waals surface area contributed by atoms with Crippen molar-refractivity contribution in [2.45, 2.75) is 0 Å². The van der Waals surface area contributed by atoms with E-state index in [1.165, 1.54) is 11.3 Å². The highest BCUT2D eigenvalue weighted by molar-refractivity contribution is 7.11. The maximum atomic E-state index is 9.42. The molecule has 6 heteroatoms. The summed E-state index contributed by atoms with van der Waals surface area (Å²) < 4.78 is 0. The predicted octanol–water partition coefficient (Wildman–Crippen LogP) is 5.89. The zero-order valence-corrected chi connectivity index (χ0v) is 14.5. The number of rotatable bonds is 3. The van der Waals surface area contributed by atoms with E-state index in [0.29, 0.717) is 20.6 Å². The van der Waals surface area contributed by atoms with E-state index >= 15 is 0 Å². The molecular weight excluding hydrogens is 363 g/mol. The van der Waals surface area contributed by atoms with Crippen molar-refractivity contribution in [1.29, 1.82) is 5.26 Å². The first kappa shape index (κ1) is 16.5. The second-order valence-corrected chi connectivity index (χ2v) is 6.60. The van der Waals surface area contributed by atoms with Gasteiger partial charge in [-0.2, -0.15) is 5.26 Å². The Hall–Kier alpha value is -2.32. The van der Waals surface area contributed by atoms with Gasteiger partial charge < -0.3 is 5.11 Å². The molecule has 1 heterocycles. The first-order chi connectivity index (χ1) is 11.6. The summed E-state index contributed by atoms with van der Waals surface area (Å²) in [6.45, 7) is 0. The average molecular weight is 373 g/mol. The Labute approximate surface area is 153 Å². The summed E-state index contributed by atoms with van der Waals surface area (Å²) in [7, 11) is 0. The number of nitriles is 1. The van der Waals surface area contributed by atoms with Gasteiger partial charge in [0.15, 0.2) is 0 Å². The van der Waals surface area contributed by atoms with Crippen LogP contribution in [0, 0.1) is 11.3 Å². The fraction of sp³-hybridized carbons (Fsp3) is 0. The zero-order valence-electron chi connectivity index (χ0n) is 12.2. The molecule has 118 valence electrons. The second kappa shape index (κ2) is 7.06. The number of allylic oxidation sites excluding steroid dienone is 1. The molecule has 0 fully saturated rings. The molecule has 0 saturated heterocycles. The van der Waals surface area contributed by atoms with E-state index in [1.807, 2.05) is 11.4 Å². The minimum Gasteiger partial charge on any atom is -0.508 e. The number of phenols is 1. The van der Waals surface area contributed by atoms with Crippen molar-refractivity contribution in [2.24, 2.45) is 0 Å². The number of aromatic hydroxyl groups is 1. The molecule has 0 radical (unpaired) electrons. The molecule has 3 aromatic rings. The lowest BCUT2D eigenvalue weighted by atomic mass is 10.1. The molecular formula is C18H10Cl2N2OS. The van der Waals surface area contributed by atoms with Gasteiger partial charge >= 0.3 is 0 Å². The molecule has 3 nitrogen and oxygen atoms in total. The summed E-state index contributed by atoms with van der Waals surface area (Å²) in [5, 5.41) is 22.2. The van der Waals surface area contributed by atoms with E-state index in [0.717, 1.165) is 16.8 Å². The molecule has 3 rings (SSSR count). The molecule has 24 heavy (non-hydrogen) atoms. The van der Waals surface area contributed by atoms with Crippen LogP contribution in [0.25, 0.3) is 22.9 Å². The molecule has 0 aliphatic heterocycles. The molecule has 0 aliphatic rings. The molecule has 0 atom stereocenters. The van der Waals surface area contributed by atoms with Crippen LogP contribution in [0.2, 0.25) is 10.0 Å². The van der Waals surface area contributed by atoms with Crippen molar-refractivity contribution in [1.82, 2.24) is 4.98 Å². The Morgan fingerprint density at radius 1 is 1.12 bits per heavy atom. The lowest BCUT2D eigenvalue weighted by molar-refractivity contribution is 0.475. The topological polar surface area (TPSA) is 56.9 Å².